The Morgan fingerprint density at radius 2 is 0.930 bits per heavy atom. The fourth-order valence-corrected chi connectivity index (χ4v) is 9.97. The molecule has 0 spiro atoms. The van der Waals surface area contributed by atoms with Crippen LogP contribution < -0.4 is 5.32 Å². The van der Waals surface area contributed by atoms with Gasteiger partial charge in [0.1, 0.15) is 30.5 Å². The fraction of sp³-hybridized carbons (Fsp3) is 0.912. The molecule has 1 fully saturated rings. The van der Waals surface area contributed by atoms with Crippen molar-refractivity contribution in [2.75, 3.05) is 13.2 Å². The van der Waals surface area contributed by atoms with Gasteiger partial charge in [-0.25, -0.2) is 4.18 Å². The van der Waals surface area contributed by atoms with E-state index in [1.807, 2.05) is 6.08 Å². The third-order valence-electron chi connectivity index (χ3n) is 14.1. The Bertz CT molecular complexity index is 1370. The number of amides is 1. The molecule has 1 rings (SSSR count). The average Bonchev–Trinajstić information content (AvgIpc) is 3.35. The van der Waals surface area contributed by atoms with Crippen LogP contribution in [0.1, 0.15) is 271 Å². The molecule has 0 bridgehead atoms. The second-order valence-corrected chi connectivity index (χ2v) is 21.8. The lowest BCUT2D eigenvalue weighted by Crippen LogP contribution is -2.61. The van der Waals surface area contributed by atoms with Gasteiger partial charge in [0, 0.05) is 0 Å². The topological polar surface area (TPSA) is 212 Å². The van der Waals surface area contributed by atoms with E-state index >= 15 is 0 Å². The van der Waals surface area contributed by atoms with Crippen LogP contribution in [0.3, 0.4) is 0 Å². The first-order valence-electron chi connectivity index (χ1n) is 29.3. The van der Waals surface area contributed by atoms with Gasteiger partial charge in [0.15, 0.2) is 6.29 Å². The molecule has 1 saturated heterocycles. The van der Waals surface area contributed by atoms with Gasteiger partial charge in [-0.15, -0.1) is 0 Å². The van der Waals surface area contributed by atoms with Gasteiger partial charge in [-0.05, 0) is 44.9 Å². The highest BCUT2D eigenvalue weighted by atomic mass is 32.3. The maximum absolute atomic E-state index is 13.2. The number of carbonyl (C=O) groups excluding carboxylic acids is 1. The number of ether oxygens (including phenoxy) is 2. The van der Waals surface area contributed by atoms with Crippen molar-refractivity contribution in [2.45, 2.75) is 320 Å². The highest BCUT2D eigenvalue weighted by Gasteiger charge is 2.48. The second-order valence-electron chi connectivity index (χ2n) is 20.7. The zero-order valence-electron chi connectivity index (χ0n) is 45.2. The summed E-state index contributed by atoms with van der Waals surface area (Å²) in [5, 5.41) is 55.6. The van der Waals surface area contributed by atoms with E-state index in [4.69, 9.17) is 9.47 Å². The molecule has 0 aromatic carbocycles. The van der Waals surface area contributed by atoms with Crippen LogP contribution >= 0.6 is 0 Å². The molecule has 0 aromatic heterocycles. The highest BCUT2D eigenvalue weighted by Crippen LogP contribution is 2.26. The average molecular weight is 1030 g/mol. The lowest BCUT2D eigenvalue weighted by atomic mass is 9.99. The van der Waals surface area contributed by atoms with Crippen LogP contribution in [0.15, 0.2) is 24.3 Å². The maximum Gasteiger partial charge on any atom is 0.397 e. The molecule has 14 heteroatoms. The fourth-order valence-electron chi connectivity index (χ4n) is 9.46. The van der Waals surface area contributed by atoms with Crippen molar-refractivity contribution in [3.8, 4) is 0 Å². The summed E-state index contributed by atoms with van der Waals surface area (Å²) in [6.07, 6.45) is 45.4. The van der Waals surface area contributed by atoms with Gasteiger partial charge in [0.2, 0.25) is 5.91 Å². The van der Waals surface area contributed by atoms with E-state index in [-0.39, 0.29) is 6.42 Å². The standard InChI is InChI=1S/C57H109NO12S/c1-3-5-7-9-11-13-15-17-19-21-23-25-26-28-30-32-34-36-38-40-42-44-46-51(61)56(64)58-49(48-68-57-54(63)55(70-71(65,66)67)53(62)52(47-59)69-57)50(60)45-43-41-39-37-35-33-31-29-27-24-22-20-18-16-14-12-10-8-6-4-2/h28,30,43,45,49-55,57,59-63H,3-27,29,31-42,44,46-48H2,1-2H3,(H,58,64)(H,65,66,67)/b30-28-,45-43+. The molecule has 13 nitrogen and oxygen atoms in total. The van der Waals surface area contributed by atoms with Crippen LogP contribution in [0.5, 0.6) is 0 Å². The zero-order chi connectivity index (χ0) is 52.1. The zero-order valence-corrected chi connectivity index (χ0v) is 46.0. The number of unbranched alkanes of at least 4 members (excludes halogenated alkanes) is 36. The number of hydrogen-bond donors (Lipinski definition) is 7. The van der Waals surface area contributed by atoms with Gasteiger partial charge in [-0.3, -0.25) is 9.35 Å². The molecular formula is C57H109NO12S. The van der Waals surface area contributed by atoms with Gasteiger partial charge in [-0.2, -0.15) is 8.42 Å². The summed E-state index contributed by atoms with van der Waals surface area (Å²) in [4.78, 5) is 13.2. The Balaban J connectivity index is 2.43. The van der Waals surface area contributed by atoms with Crippen LogP contribution in [0, 0.1) is 0 Å². The highest BCUT2D eigenvalue weighted by molar-refractivity contribution is 7.80. The van der Waals surface area contributed by atoms with E-state index in [2.05, 4.69) is 35.5 Å². The molecular weight excluding hydrogens is 923 g/mol. The molecule has 1 amide bonds. The van der Waals surface area contributed by atoms with E-state index in [9.17, 15) is 43.3 Å². The molecule has 1 aliphatic rings. The van der Waals surface area contributed by atoms with Crippen molar-refractivity contribution in [1.29, 1.82) is 0 Å². The number of aliphatic hydroxyl groups excluding tert-OH is 5. The van der Waals surface area contributed by atoms with E-state index < -0.39 is 78.5 Å². The third-order valence-corrected chi connectivity index (χ3v) is 14.5. The summed E-state index contributed by atoms with van der Waals surface area (Å²) >= 11 is 0. The van der Waals surface area contributed by atoms with Crippen LogP contribution in [-0.2, 0) is 28.9 Å². The summed E-state index contributed by atoms with van der Waals surface area (Å²) in [5.41, 5.74) is 0. The molecule has 420 valence electrons. The monoisotopic (exact) mass is 1030 g/mol. The Morgan fingerprint density at radius 1 is 0.563 bits per heavy atom. The van der Waals surface area contributed by atoms with Crippen LogP contribution in [0.4, 0.5) is 0 Å². The first kappa shape index (κ1) is 67.6. The Hall–Kier alpha value is -1.46. The van der Waals surface area contributed by atoms with E-state index in [0.29, 0.717) is 12.8 Å². The summed E-state index contributed by atoms with van der Waals surface area (Å²) in [7, 11) is -5.12. The van der Waals surface area contributed by atoms with Crippen LogP contribution in [-0.4, -0.2) is 107 Å². The minimum absolute atomic E-state index is 0.238. The lowest BCUT2D eigenvalue weighted by Gasteiger charge is -2.41. The number of nitrogens with one attached hydrogen (secondary N) is 1. The van der Waals surface area contributed by atoms with Crippen molar-refractivity contribution in [3.05, 3.63) is 24.3 Å². The number of aliphatic hydroxyl groups is 5. The van der Waals surface area contributed by atoms with Crippen molar-refractivity contribution in [3.63, 3.8) is 0 Å². The Kier molecular flexibility index (Phi) is 44.7. The summed E-state index contributed by atoms with van der Waals surface area (Å²) in [5.74, 6) is -0.703. The predicted molar refractivity (Wildman–Crippen MR) is 288 cm³/mol. The van der Waals surface area contributed by atoms with Gasteiger partial charge >= 0.3 is 10.4 Å². The minimum Gasteiger partial charge on any atom is -0.394 e. The first-order chi connectivity index (χ1) is 34.4. The third kappa shape index (κ3) is 38.7. The van der Waals surface area contributed by atoms with Crippen molar-refractivity contribution in [2.24, 2.45) is 0 Å². The minimum atomic E-state index is -5.12. The Labute approximate surface area is 434 Å². The summed E-state index contributed by atoms with van der Waals surface area (Å²) in [6, 6.07) is -1.12. The summed E-state index contributed by atoms with van der Waals surface area (Å²) < 4.78 is 47.8. The number of hydrogen-bond acceptors (Lipinski definition) is 11. The quantitative estimate of drug-likeness (QED) is 0.0172. The van der Waals surface area contributed by atoms with Gasteiger partial charge in [-0.1, -0.05) is 250 Å². The Morgan fingerprint density at radius 3 is 1.31 bits per heavy atom. The molecule has 1 aliphatic heterocycles. The molecule has 0 saturated carbocycles. The normalized spacial score (nSPS) is 20.0. The maximum atomic E-state index is 13.2. The molecule has 0 radical (unpaired) electrons. The molecule has 8 unspecified atom stereocenters. The number of carbonyl (C=O) groups is 1. The first-order valence-corrected chi connectivity index (χ1v) is 30.7. The van der Waals surface area contributed by atoms with Crippen molar-refractivity contribution < 1.29 is 57.0 Å². The van der Waals surface area contributed by atoms with E-state index in [0.717, 1.165) is 57.8 Å². The lowest BCUT2D eigenvalue weighted by molar-refractivity contribution is -0.298. The van der Waals surface area contributed by atoms with Gasteiger partial charge < -0.3 is 40.3 Å². The van der Waals surface area contributed by atoms with E-state index in [1.54, 1.807) is 6.08 Å². The van der Waals surface area contributed by atoms with Gasteiger partial charge in [0.05, 0.1) is 25.4 Å². The molecule has 0 aliphatic carbocycles. The SMILES string of the molecule is CCCCCCCCCCCCCC/C=C\CCCCCCCCC(O)C(=O)NC(COC1OC(CO)C(O)C(OS(=O)(=O)O)C1O)C(O)/C=C/CCCCCCCCCCCCCCCCCCCC. The number of rotatable bonds is 51. The molecule has 8 atom stereocenters. The van der Waals surface area contributed by atoms with Crippen LogP contribution in [0.25, 0.3) is 0 Å². The predicted octanol–water partition coefficient (Wildman–Crippen LogP) is 12.6. The van der Waals surface area contributed by atoms with Crippen molar-refractivity contribution >= 4 is 16.3 Å². The van der Waals surface area contributed by atoms with Crippen LogP contribution in [0.2, 0.25) is 0 Å². The second kappa shape index (κ2) is 47.0. The molecule has 1 heterocycles. The van der Waals surface area contributed by atoms with Crippen molar-refractivity contribution in [1.82, 2.24) is 5.32 Å². The smallest absolute Gasteiger partial charge is 0.394 e. The van der Waals surface area contributed by atoms with E-state index in [1.165, 1.54) is 180 Å². The largest absolute Gasteiger partial charge is 0.397 e. The summed E-state index contributed by atoms with van der Waals surface area (Å²) in [6.45, 7) is 3.27. The molecule has 0 aromatic rings. The number of allylic oxidation sites excluding steroid dienone is 3. The molecule has 71 heavy (non-hydrogen) atoms. The molecule has 7 N–H and O–H groups in total. The van der Waals surface area contributed by atoms with Gasteiger partial charge in [0.25, 0.3) is 0 Å².